The van der Waals surface area contributed by atoms with E-state index in [2.05, 4.69) is 10.6 Å². The third-order valence-corrected chi connectivity index (χ3v) is 3.87. The highest BCUT2D eigenvalue weighted by atomic mass is 16.6. The molecule has 4 heteroatoms. The van der Waals surface area contributed by atoms with Gasteiger partial charge >= 0.3 is 5.97 Å². The van der Waals surface area contributed by atoms with Crippen LogP contribution >= 0.6 is 0 Å². The number of carbonyl (C=O) groups is 1. The Labute approximate surface area is 124 Å². The number of fused-ring (bicyclic) bond motifs is 3. The fourth-order valence-electron chi connectivity index (χ4n) is 3.09. The monoisotopic (exact) mass is 287 g/mol. The number of phenolic OH excluding ortho intramolecular Hbond substituents is 1. The van der Waals surface area contributed by atoms with Crippen molar-refractivity contribution >= 4 is 16.9 Å². The largest absolute Gasteiger partial charge is 0.508 e. The van der Waals surface area contributed by atoms with Gasteiger partial charge in [-0.05, 0) is 51.5 Å². The lowest BCUT2D eigenvalue weighted by Crippen LogP contribution is -2.24. The summed E-state index contributed by atoms with van der Waals surface area (Å²) >= 11 is 0. The maximum atomic E-state index is 12.0. The predicted molar refractivity (Wildman–Crippen MR) is 81.4 cm³/mol. The number of esters is 1. The van der Waals surface area contributed by atoms with Gasteiger partial charge in [0, 0.05) is 29.1 Å². The fraction of sp³-hybridized carbons (Fsp3) is 0.471. The first-order valence-electron chi connectivity index (χ1n) is 7.37. The molecule has 0 saturated carbocycles. The van der Waals surface area contributed by atoms with Crippen LogP contribution in [0.4, 0.5) is 0 Å². The van der Waals surface area contributed by atoms with Crippen LogP contribution in [-0.2, 0) is 16.1 Å². The molecular weight excluding hydrogens is 266 g/mol. The van der Waals surface area contributed by atoms with Crippen LogP contribution in [0.25, 0.3) is 10.9 Å². The van der Waals surface area contributed by atoms with Crippen molar-refractivity contribution in [1.29, 1.82) is 0 Å². The molecule has 1 aromatic heterocycles. The highest BCUT2D eigenvalue weighted by Gasteiger charge is 2.28. The number of carbonyl (C=O) groups excluding carboxylic acids is 1. The number of ether oxygens (including phenoxy) is 1. The molecule has 112 valence electrons. The summed E-state index contributed by atoms with van der Waals surface area (Å²) < 4.78 is 7.66. The van der Waals surface area contributed by atoms with E-state index in [0.717, 1.165) is 23.9 Å². The molecule has 2 heterocycles. The molecule has 0 fully saturated rings. The second-order valence-corrected chi connectivity index (χ2v) is 6.74. The Morgan fingerprint density at radius 1 is 1.38 bits per heavy atom. The zero-order valence-corrected chi connectivity index (χ0v) is 12.7. The summed E-state index contributed by atoms with van der Waals surface area (Å²) in [6.45, 7) is 6.58. The van der Waals surface area contributed by atoms with E-state index < -0.39 is 5.60 Å². The quantitative estimate of drug-likeness (QED) is 0.859. The molecule has 1 N–H and O–H groups in total. The smallest absolute Gasteiger partial charge is 0.306 e. The van der Waals surface area contributed by atoms with E-state index >= 15 is 0 Å². The lowest BCUT2D eigenvalue weighted by atomic mass is 10.00. The Balaban J connectivity index is 1.83. The van der Waals surface area contributed by atoms with Crippen molar-refractivity contribution in [1.82, 2.24) is 4.57 Å². The summed E-state index contributed by atoms with van der Waals surface area (Å²) in [7, 11) is 0. The molecule has 1 aromatic carbocycles. The summed E-state index contributed by atoms with van der Waals surface area (Å²) in [5, 5.41) is 10.6. The van der Waals surface area contributed by atoms with Crippen LogP contribution in [0.3, 0.4) is 0 Å². The number of rotatable bonds is 2. The predicted octanol–water partition coefficient (Wildman–Crippen LogP) is 3.57. The van der Waals surface area contributed by atoms with Crippen molar-refractivity contribution < 1.29 is 14.6 Å². The van der Waals surface area contributed by atoms with Gasteiger partial charge in [-0.3, -0.25) is 4.79 Å². The van der Waals surface area contributed by atoms with Gasteiger partial charge in [-0.2, -0.15) is 0 Å². The molecule has 1 atom stereocenters. The van der Waals surface area contributed by atoms with E-state index in [1.54, 1.807) is 12.1 Å². The molecule has 0 aliphatic carbocycles. The van der Waals surface area contributed by atoms with Crippen LogP contribution in [0.1, 0.15) is 45.2 Å². The first-order chi connectivity index (χ1) is 9.83. The molecule has 0 saturated heterocycles. The molecule has 0 amide bonds. The summed E-state index contributed by atoms with van der Waals surface area (Å²) in [4.78, 5) is 12.0. The molecule has 1 aliphatic rings. The van der Waals surface area contributed by atoms with Gasteiger partial charge in [0.1, 0.15) is 11.4 Å². The van der Waals surface area contributed by atoms with E-state index in [1.165, 1.54) is 5.69 Å². The first kappa shape index (κ1) is 14.0. The third kappa shape index (κ3) is 2.75. The lowest BCUT2D eigenvalue weighted by molar-refractivity contribution is -0.155. The Bertz CT molecular complexity index is 694. The SMILES string of the molecule is CC(C)(C)OC(=O)C[C@H]1CCn2c1cc1cc(O)ccc12. The number of benzene rings is 1. The van der Waals surface area contributed by atoms with Gasteiger partial charge in [0.15, 0.2) is 0 Å². The number of aromatic nitrogens is 1. The zero-order valence-electron chi connectivity index (χ0n) is 12.7. The number of aromatic hydroxyl groups is 1. The van der Waals surface area contributed by atoms with E-state index in [9.17, 15) is 9.90 Å². The van der Waals surface area contributed by atoms with E-state index in [-0.39, 0.29) is 17.6 Å². The highest BCUT2D eigenvalue weighted by molar-refractivity contribution is 5.83. The molecule has 0 bridgehead atoms. The lowest BCUT2D eigenvalue weighted by Gasteiger charge is -2.20. The minimum Gasteiger partial charge on any atom is -0.508 e. The Morgan fingerprint density at radius 2 is 2.14 bits per heavy atom. The molecule has 4 nitrogen and oxygen atoms in total. The second kappa shape index (κ2) is 4.79. The van der Waals surface area contributed by atoms with Crippen molar-refractivity contribution in [3.63, 3.8) is 0 Å². The normalized spacial score (nSPS) is 18.0. The van der Waals surface area contributed by atoms with Gasteiger partial charge in [0.05, 0.1) is 6.42 Å². The highest BCUT2D eigenvalue weighted by Crippen LogP contribution is 2.37. The van der Waals surface area contributed by atoms with Crippen LogP contribution < -0.4 is 0 Å². The Kier molecular flexibility index (Phi) is 3.19. The fourth-order valence-corrected chi connectivity index (χ4v) is 3.09. The summed E-state index contributed by atoms with van der Waals surface area (Å²) in [6, 6.07) is 7.49. The second-order valence-electron chi connectivity index (χ2n) is 6.74. The van der Waals surface area contributed by atoms with Crippen molar-refractivity contribution in [2.75, 3.05) is 0 Å². The van der Waals surface area contributed by atoms with Crippen molar-refractivity contribution in [2.24, 2.45) is 0 Å². The molecule has 3 rings (SSSR count). The third-order valence-electron chi connectivity index (χ3n) is 3.87. The van der Waals surface area contributed by atoms with Crippen molar-refractivity contribution in [3.8, 4) is 5.75 Å². The molecule has 0 unspecified atom stereocenters. The maximum absolute atomic E-state index is 12.0. The minimum atomic E-state index is -0.436. The summed E-state index contributed by atoms with van der Waals surface area (Å²) in [5.41, 5.74) is 1.85. The summed E-state index contributed by atoms with van der Waals surface area (Å²) in [6.07, 6.45) is 1.38. The van der Waals surface area contributed by atoms with Crippen LogP contribution in [0.5, 0.6) is 5.75 Å². The van der Waals surface area contributed by atoms with Gasteiger partial charge in [0.25, 0.3) is 0 Å². The minimum absolute atomic E-state index is 0.144. The molecule has 0 spiro atoms. The van der Waals surface area contributed by atoms with E-state index in [0.29, 0.717) is 6.42 Å². The van der Waals surface area contributed by atoms with Crippen LogP contribution in [0.15, 0.2) is 24.3 Å². The molecule has 21 heavy (non-hydrogen) atoms. The number of nitrogens with zero attached hydrogens (tertiary/aromatic N) is 1. The standard InChI is InChI=1S/C17H21NO3/c1-17(2,3)21-16(20)10-11-6-7-18-14-5-4-13(19)8-12(14)9-15(11)18/h4-5,8-9,11,19H,6-7,10H2,1-3H3/t11-/m1/s1. The Hall–Kier alpha value is -1.97. The number of hydrogen-bond donors (Lipinski definition) is 1. The van der Waals surface area contributed by atoms with E-state index in [4.69, 9.17) is 4.74 Å². The van der Waals surface area contributed by atoms with Crippen molar-refractivity contribution in [2.45, 2.75) is 51.7 Å². The molecule has 1 aliphatic heterocycles. The number of phenols is 1. The number of aryl methyl sites for hydroxylation is 1. The van der Waals surface area contributed by atoms with Gasteiger partial charge in [-0.1, -0.05) is 0 Å². The van der Waals surface area contributed by atoms with Crippen LogP contribution in [0, 0.1) is 0 Å². The van der Waals surface area contributed by atoms with Crippen LogP contribution in [-0.4, -0.2) is 21.2 Å². The van der Waals surface area contributed by atoms with Crippen molar-refractivity contribution in [3.05, 3.63) is 30.0 Å². The van der Waals surface area contributed by atoms with Gasteiger partial charge < -0.3 is 14.4 Å². The van der Waals surface area contributed by atoms with Gasteiger partial charge in [0.2, 0.25) is 0 Å². The molecule has 0 radical (unpaired) electrons. The topological polar surface area (TPSA) is 51.5 Å². The average molecular weight is 287 g/mol. The van der Waals surface area contributed by atoms with E-state index in [1.807, 2.05) is 26.8 Å². The molecular formula is C17H21NO3. The average Bonchev–Trinajstić information content (AvgIpc) is 2.86. The number of hydrogen-bond acceptors (Lipinski definition) is 3. The Morgan fingerprint density at radius 3 is 2.86 bits per heavy atom. The summed E-state index contributed by atoms with van der Waals surface area (Å²) in [5.74, 6) is 0.332. The maximum Gasteiger partial charge on any atom is 0.306 e. The van der Waals surface area contributed by atoms with Crippen LogP contribution in [0.2, 0.25) is 0 Å². The van der Waals surface area contributed by atoms with Gasteiger partial charge in [-0.25, -0.2) is 0 Å². The first-order valence-corrected chi connectivity index (χ1v) is 7.37. The zero-order chi connectivity index (χ0) is 15.2. The van der Waals surface area contributed by atoms with Gasteiger partial charge in [-0.15, -0.1) is 0 Å². The molecule has 2 aromatic rings.